The highest BCUT2D eigenvalue weighted by Gasteiger charge is 2.10. The van der Waals surface area contributed by atoms with Crippen LogP contribution in [0.4, 0.5) is 0 Å². The Bertz CT molecular complexity index is 735. The van der Waals surface area contributed by atoms with E-state index >= 15 is 0 Å². The zero-order chi connectivity index (χ0) is 18.1. The summed E-state index contributed by atoms with van der Waals surface area (Å²) in [6.45, 7) is 1.87. The number of fused-ring (bicyclic) bond motifs is 1. The maximum atomic E-state index is 8.28. The molecule has 0 amide bonds. The molecule has 3 rings (SSSR count). The van der Waals surface area contributed by atoms with E-state index in [4.69, 9.17) is 15.0 Å². The van der Waals surface area contributed by atoms with Crippen LogP contribution in [-0.4, -0.2) is 60.0 Å². The lowest BCUT2D eigenvalue weighted by molar-refractivity contribution is 0.0410. The Morgan fingerprint density at radius 1 is 1.48 bits per heavy atom. The first-order chi connectivity index (χ1) is 11.8. The lowest BCUT2D eigenvalue weighted by Crippen LogP contribution is -2.37. The highest BCUT2D eigenvalue weighted by Crippen LogP contribution is 2.23. The number of nitrogens with one attached hydrogen (secondary N) is 1. The average Bonchev–Trinajstić information content (AvgIpc) is 2.96. The molecule has 21 heavy (non-hydrogen) atoms. The monoisotopic (exact) mass is 311 g/mol. The normalized spacial score (nSPS) is 20.6. The van der Waals surface area contributed by atoms with Gasteiger partial charge in [-0.15, -0.1) is 0 Å². The molecule has 0 unspecified atom stereocenters. The molecule has 1 aromatic carbocycles. The number of hydrogen-bond donors (Lipinski definition) is 1. The Morgan fingerprint density at radius 2 is 2.33 bits per heavy atom. The Hall–Kier alpha value is -1.24. The molecular weight excluding hydrogens is 286 g/mol. The largest absolute Gasteiger partial charge is 0.494 e. The van der Waals surface area contributed by atoms with Gasteiger partial charge >= 0.3 is 0 Å². The van der Waals surface area contributed by atoms with Crippen LogP contribution < -0.4 is 4.74 Å². The molecule has 1 aliphatic heterocycles. The zero-order valence-corrected chi connectivity index (χ0v) is 12.7. The molecule has 1 aliphatic rings. The van der Waals surface area contributed by atoms with E-state index in [0.717, 1.165) is 17.3 Å². The van der Waals surface area contributed by atoms with Gasteiger partial charge in [0.05, 0.1) is 30.9 Å². The molecule has 0 atom stereocenters. The summed E-state index contributed by atoms with van der Waals surface area (Å²) in [6, 6.07) is 5.41. The van der Waals surface area contributed by atoms with Crippen LogP contribution in [0.3, 0.4) is 0 Å². The predicted molar refractivity (Wildman–Crippen MR) is 85.2 cm³/mol. The van der Waals surface area contributed by atoms with E-state index in [9.17, 15) is 0 Å². The number of benzene rings is 1. The Morgan fingerprint density at radius 3 is 3.14 bits per heavy atom. The minimum absolute atomic E-state index is 0.339. The van der Waals surface area contributed by atoms with Gasteiger partial charge in [0, 0.05) is 36.8 Å². The summed E-state index contributed by atoms with van der Waals surface area (Å²) in [4.78, 5) is 8.89. The number of nitrogens with zero attached hydrogens (tertiary/aromatic N) is 2. The minimum Gasteiger partial charge on any atom is -0.494 e. The van der Waals surface area contributed by atoms with Crippen molar-refractivity contribution >= 4 is 22.8 Å². The van der Waals surface area contributed by atoms with Crippen LogP contribution in [0, 0.1) is 0 Å². The van der Waals surface area contributed by atoms with Gasteiger partial charge in [0.2, 0.25) is 0 Å². The van der Waals surface area contributed by atoms with E-state index in [0.29, 0.717) is 49.3 Å². The predicted octanol–water partition coefficient (Wildman–Crippen LogP) is 2.39. The van der Waals surface area contributed by atoms with Crippen molar-refractivity contribution in [3.63, 3.8) is 0 Å². The van der Waals surface area contributed by atoms with Crippen LogP contribution in [0.25, 0.3) is 11.0 Å². The second-order valence-electron chi connectivity index (χ2n) is 4.57. The summed E-state index contributed by atoms with van der Waals surface area (Å²) in [6.07, 6.45) is 0. The lowest BCUT2D eigenvalue weighted by Gasteiger charge is -2.26. The summed E-state index contributed by atoms with van der Waals surface area (Å²) in [7, 11) is 0. The van der Waals surface area contributed by atoms with Gasteiger partial charge in [0.25, 0.3) is 0 Å². The van der Waals surface area contributed by atoms with E-state index in [-0.39, 0.29) is 0 Å². The highest BCUT2D eigenvalue weighted by atomic mass is 32.2. The number of imidazole rings is 1. The van der Waals surface area contributed by atoms with Crippen LogP contribution in [0.5, 0.6) is 5.75 Å². The van der Waals surface area contributed by atoms with Gasteiger partial charge in [0.1, 0.15) is 5.75 Å². The number of ether oxygens (including phenoxy) is 2. The molecule has 0 aliphatic carbocycles. The molecule has 1 saturated heterocycles. The third kappa shape index (κ3) is 3.90. The smallest absolute Gasteiger partial charge is 0.166 e. The first-order valence-electron chi connectivity index (χ1n) is 8.98. The van der Waals surface area contributed by atoms with Crippen LogP contribution >= 0.6 is 11.8 Å². The molecule has 6 heteroatoms. The number of thioether (sulfide) groups is 1. The van der Waals surface area contributed by atoms with Crippen LogP contribution in [0.15, 0.2) is 23.4 Å². The lowest BCUT2D eigenvalue weighted by atomic mass is 10.3. The Balaban J connectivity index is 1.80. The first kappa shape index (κ1) is 10.5. The molecule has 2 aromatic rings. The molecule has 1 fully saturated rings. The minimum atomic E-state index is -2.18. The van der Waals surface area contributed by atoms with Gasteiger partial charge in [-0.25, -0.2) is 4.98 Å². The van der Waals surface area contributed by atoms with Crippen LogP contribution in [-0.2, 0) is 4.74 Å². The van der Waals surface area contributed by atoms with E-state index in [2.05, 4.69) is 9.97 Å². The zero-order valence-electron chi connectivity index (χ0n) is 15.9. The standard InChI is InChI=1S/C15H21N3O2S/c1-2-20-12-3-4-13-14(11-12)17-15(16-13)21-10-7-18-5-8-19-9-6-18/h3-4,11H,2,5-10H2,1H3,(H,16,17)/i7D2,10D2. The fourth-order valence-corrected chi connectivity index (χ4v) is 2.66. The summed E-state index contributed by atoms with van der Waals surface area (Å²) in [5.74, 6) is 0.710. The quantitative estimate of drug-likeness (QED) is 0.830. The number of rotatable bonds is 6. The topological polar surface area (TPSA) is 50.4 Å². The number of H-pyrrole nitrogens is 1. The maximum absolute atomic E-state index is 8.28. The summed E-state index contributed by atoms with van der Waals surface area (Å²) in [5.41, 5.74) is -0.758. The molecule has 2 heterocycles. The number of hydrogen-bond acceptors (Lipinski definition) is 5. The number of morpholine rings is 1. The molecule has 114 valence electrons. The SMILES string of the molecule is [2H]C([2H])(Sc1nc2ccc(OCC)cc2[nH]1)C([2H])([2H])N1CCOCC1. The van der Waals surface area contributed by atoms with E-state index < -0.39 is 12.2 Å². The van der Waals surface area contributed by atoms with Crippen molar-refractivity contribution in [1.82, 2.24) is 14.9 Å². The van der Waals surface area contributed by atoms with Gasteiger partial charge in [0.15, 0.2) is 5.16 Å². The van der Waals surface area contributed by atoms with Gasteiger partial charge in [-0.1, -0.05) is 11.8 Å². The average molecular weight is 311 g/mol. The van der Waals surface area contributed by atoms with Crippen LogP contribution in [0.2, 0.25) is 0 Å². The fraction of sp³-hybridized carbons (Fsp3) is 0.533. The number of aromatic amines is 1. The van der Waals surface area contributed by atoms with Gasteiger partial charge in [-0.05, 0) is 19.1 Å². The van der Waals surface area contributed by atoms with Crippen molar-refractivity contribution in [2.45, 2.75) is 12.1 Å². The molecule has 0 bridgehead atoms. The van der Waals surface area contributed by atoms with Gasteiger partial charge in [-0.3, -0.25) is 4.90 Å². The number of aromatic nitrogens is 2. The molecule has 0 saturated carbocycles. The van der Waals surface area contributed by atoms with Gasteiger partial charge < -0.3 is 14.5 Å². The second kappa shape index (κ2) is 7.15. The van der Waals surface area contributed by atoms with Crippen molar-refractivity contribution in [2.75, 3.05) is 45.1 Å². The van der Waals surface area contributed by atoms with Crippen molar-refractivity contribution in [3.8, 4) is 5.75 Å². The fourth-order valence-electron chi connectivity index (χ4n) is 2.08. The van der Waals surface area contributed by atoms with E-state index in [1.165, 1.54) is 4.90 Å². The molecule has 5 nitrogen and oxygen atoms in total. The third-order valence-electron chi connectivity index (χ3n) is 3.11. The van der Waals surface area contributed by atoms with Crippen LogP contribution in [0.1, 0.15) is 12.4 Å². The molecule has 0 spiro atoms. The molecular formula is C15H21N3O2S. The van der Waals surface area contributed by atoms with Crippen molar-refractivity contribution < 1.29 is 15.0 Å². The van der Waals surface area contributed by atoms with Gasteiger partial charge in [-0.2, -0.15) is 0 Å². The van der Waals surface area contributed by atoms with Crippen molar-refractivity contribution in [3.05, 3.63) is 18.2 Å². The molecule has 0 radical (unpaired) electrons. The molecule has 1 N–H and O–H groups in total. The summed E-state index contributed by atoms with van der Waals surface area (Å²) < 4.78 is 43.8. The third-order valence-corrected chi connectivity index (χ3v) is 3.69. The van der Waals surface area contributed by atoms with E-state index in [1.54, 1.807) is 6.07 Å². The maximum Gasteiger partial charge on any atom is 0.166 e. The Kier molecular flexibility index (Phi) is 3.57. The second-order valence-corrected chi connectivity index (χ2v) is 5.36. The van der Waals surface area contributed by atoms with Crippen molar-refractivity contribution in [1.29, 1.82) is 0 Å². The first-order valence-corrected chi connectivity index (χ1v) is 7.79. The molecule has 1 aromatic heterocycles. The summed E-state index contributed by atoms with van der Waals surface area (Å²) >= 11 is 0.760. The highest BCUT2D eigenvalue weighted by molar-refractivity contribution is 7.99. The van der Waals surface area contributed by atoms with E-state index in [1.807, 2.05) is 19.1 Å². The summed E-state index contributed by atoms with van der Waals surface area (Å²) in [5, 5.41) is 0.339. The Labute approximate surface area is 134 Å². The van der Waals surface area contributed by atoms with Crippen molar-refractivity contribution in [2.24, 2.45) is 0 Å².